The number of aryl methyl sites for hydroxylation is 3. The van der Waals surface area contributed by atoms with E-state index in [9.17, 15) is 0 Å². The summed E-state index contributed by atoms with van der Waals surface area (Å²) in [5, 5.41) is 2.28. The van der Waals surface area contributed by atoms with Crippen LogP contribution in [0.25, 0.3) is 33.1 Å². The van der Waals surface area contributed by atoms with Crippen molar-refractivity contribution in [3.63, 3.8) is 0 Å². The monoisotopic (exact) mass is 896 g/mol. The maximum Gasteiger partial charge on any atom is 0.252 e. The van der Waals surface area contributed by atoms with Crippen LogP contribution >= 0.6 is 0 Å². The molecule has 2 aliphatic carbocycles. The highest BCUT2D eigenvalue weighted by Gasteiger charge is 2.49. The molecule has 340 valence electrons. The lowest BCUT2D eigenvalue weighted by Gasteiger charge is -2.49. The molecule has 69 heavy (non-hydrogen) atoms. The van der Waals surface area contributed by atoms with E-state index < -0.39 is 0 Å². The molecule has 0 saturated heterocycles. The molecule has 0 N–H and O–H groups in total. The summed E-state index contributed by atoms with van der Waals surface area (Å²) in [7, 11) is 0. The van der Waals surface area contributed by atoms with Crippen LogP contribution in [0.1, 0.15) is 118 Å². The van der Waals surface area contributed by atoms with Crippen LogP contribution in [0.3, 0.4) is 0 Å². The number of hydrogen-bond acceptors (Lipinski definition) is 3. The van der Waals surface area contributed by atoms with E-state index in [1.165, 1.54) is 107 Å². The Hall–Kier alpha value is -6.78. The third-order valence-electron chi connectivity index (χ3n) is 17.6. The van der Waals surface area contributed by atoms with Crippen molar-refractivity contribution in [1.82, 2.24) is 0 Å². The fourth-order valence-electron chi connectivity index (χ4n) is 13.5. The molecule has 0 bridgehead atoms. The van der Waals surface area contributed by atoms with E-state index in [4.69, 9.17) is 4.42 Å². The molecule has 0 amide bonds. The fourth-order valence-corrected chi connectivity index (χ4v) is 13.5. The van der Waals surface area contributed by atoms with Crippen molar-refractivity contribution in [1.29, 1.82) is 0 Å². The van der Waals surface area contributed by atoms with Crippen molar-refractivity contribution in [3.8, 4) is 11.1 Å². The van der Waals surface area contributed by atoms with Crippen LogP contribution in [-0.4, -0.2) is 6.71 Å². The fraction of sp³-hybridized carbons (Fsp3) is 0.262. The number of fused-ring (bicyclic) bond motifs is 11. The minimum absolute atomic E-state index is 0.0288. The molecule has 4 aliphatic rings. The average Bonchev–Trinajstić information content (AvgIpc) is 3.72. The van der Waals surface area contributed by atoms with E-state index in [0.717, 1.165) is 39.7 Å². The van der Waals surface area contributed by atoms with Gasteiger partial charge in [0, 0.05) is 50.0 Å². The number of benzene rings is 8. The zero-order chi connectivity index (χ0) is 47.7. The van der Waals surface area contributed by atoms with Crippen molar-refractivity contribution in [2.75, 3.05) is 9.80 Å². The van der Waals surface area contributed by atoms with E-state index in [0.29, 0.717) is 0 Å². The summed E-state index contributed by atoms with van der Waals surface area (Å²) >= 11 is 0. The van der Waals surface area contributed by atoms with Crippen molar-refractivity contribution in [3.05, 3.63) is 196 Å². The molecule has 0 saturated carbocycles. The van der Waals surface area contributed by atoms with Gasteiger partial charge >= 0.3 is 0 Å². The van der Waals surface area contributed by atoms with Crippen molar-refractivity contribution >= 4 is 79.2 Å². The summed E-state index contributed by atoms with van der Waals surface area (Å²) in [5.41, 5.74) is 27.5. The lowest BCUT2D eigenvalue weighted by molar-refractivity contribution is 0.332. The summed E-state index contributed by atoms with van der Waals surface area (Å²) in [6, 6.07) is 55.9. The highest BCUT2D eigenvalue weighted by atomic mass is 16.3. The Labute approximate surface area is 408 Å². The Balaban J connectivity index is 1.22. The number of anilines is 6. The zero-order valence-corrected chi connectivity index (χ0v) is 42.2. The van der Waals surface area contributed by atoms with Gasteiger partial charge in [0.05, 0.1) is 5.69 Å². The van der Waals surface area contributed by atoms with Gasteiger partial charge in [0.1, 0.15) is 5.58 Å². The first-order valence-corrected chi connectivity index (χ1v) is 25.3. The second-order valence-electron chi connectivity index (χ2n) is 23.3. The minimum Gasteiger partial charge on any atom is -0.454 e. The molecule has 0 fully saturated rings. The molecule has 8 aromatic carbocycles. The van der Waals surface area contributed by atoms with Gasteiger partial charge in [0.15, 0.2) is 5.58 Å². The Morgan fingerprint density at radius 1 is 0.435 bits per heavy atom. The van der Waals surface area contributed by atoms with Crippen LogP contribution in [-0.2, 0) is 21.7 Å². The SMILES string of the molecule is Cc1ccccc1-c1cc2c3c(c1)N(c1ccccc1C)c1c(ccc4c1oc1ccccc14)B3c1cc3c(cc1N2c1cc2c(cc1C)C(C)(C)CCC2(C)C)C(C)(C)c1ccccc1C3(C)C. The predicted molar refractivity (Wildman–Crippen MR) is 293 cm³/mol. The second-order valence-corrected chi connectivity index (χ2v) is 23.3. The van der Waals surface area contributed by atoms with Crippen LogP contribution in [0.5, 0.6) is 0 Å². The van der Waals surface area contributed by atoms with E-state index in [-0.39, 0.29) is 28.4 Å². The number of rotatable bonds is 3. The van der Waals surface area contributed by atoms with E-state index >= 15 is 0 Å². The summed E-state index contributed by atoms with van der Waals surface area (Å²) < 4.78 is 7.15. The molecule has 0 unspecified atom stereocenters. The smallest absolute Gasteiger partial charge is 0.252 e. The third-order valence-corrected chi connectivity index (χ3v) is 17.6. The molecule has 0 spiro atoms. The molecular weight excluding hydrogens is 836 g/mol. The first-order chi connectivity index (χ1) is 33.0. The highest BCUT2D eigenvalue weighted by molar-refractivity contribution is 7.00. The Morgan fingerprint density at radius 2 is 1.01 bits per heavy atom. The molecule has 13 rings (SSSR count). The summed E-state index contributed by atoms with van der Waals surface area (Å²) in [4.78, 5) is 5.28. The Bertz CT molecular complexity index is 3690. The summed E-state index contributed by atoms with van der Waals surface area (Å²) in [5.74, 6) is 0. The Kier molecular flexibility index (Phi) is 8.69. The highest BCUT2D eigenvalue weighted by Crippen LogP contribution is 2.56. The number of hydrogen-bond donors (Lipinski definition) is 0. The molecule has 0 radical (unpaired) electrons. The maximum absolute atomic E-state index is 7.15. The molecule has 3 nitrogen and oxygen atoms in total. The van der Waals surface area contributed by atoms with Gasteiger partial charge in [0.25, 0.3) is 6.71 Å². The largest absolute Gasteiger partial charge is 0.454 e. The van der Waals surface area contributed by atoms with Crippen molar-refractivity contribution < 1.29 is 4.42 Å². The van der Waals surface area contributed by atoms with Gasteiger partial charge in [-0.2, -0.15) is 0 Å². The van der Waals surface area contributed by atoms with E-state index in [1.54, 1.807) is 0 Å². The minimum atomic E-state index is -0.236. The molecular formula is C65H61BN2O. The van der Waals surface area contributed by atoms with Crippen molar-refractivity contribution in [2.45, 2.75) is 111 Å². The summed E-state index contributed by atoms with van der Waals surface area (Å²) in [6.07, 6.45) is 2.33. The molecule has 1 aromatic heterocycles. The predicted octanol–water partition coefficient (Wildman–Crippen LogP) is 15.6. The van der Waals surface area contributed by atoms with Crippen molar-refractivity contribution in [2.24, 2.45) is 0 Å². The number of para-hydroxylation sites is 2. The standard InChI is InChI=1S/C65H61BN2O/c1-38-20-12-14-22-42(38)41-33-56-59-57(34-41)68(53-26-18-13-21-39(53)2)60-51(29-28-44-43-23-15-19-27-58(43)69-61(44)60)66(59)52-35-49-50(65(10,11)46-25-17-16-24-45(46)64(49,8)9)37-55(52)67(56)54-36-48-47(32-40(54)3)62(4,5)30-31-63(48,6)7/h12-29,32-37H,30-31H2,1-11H3. The number of furan rings is 1. The van der Waals surface area contributed by atoms with Gasteiger partial charge in [-0.3, -0.25) is 0 Å². The lowest BCUT2D eigenvalue weighted by atomic mass is 9.33. The Morgan fingerprint density at radius 3 is 1.71 bits per heavy atom. The van der Waals surface area contributed by atoms with Gasteiger partial charge in [0.2, 0.25) is 0 Å². The molecule has 9 aromatic rings. The van der Waals surface area contributed by atoms with Gasteiger partial charge in [-0.15, -0.1) is 0 Å². The third kappa shape index (κ3) is 5.75. The zero-order valence-electron chi connectivity index (χ0n) is 42.2. The van der Waals surface area contributed by atoms with E-state index in [1.807, 2.05) is 0 Å². The first kappa shape index (κ1) is 42.3. The number of nitrogens with zero attached hydrogens (tertiary/aromatic N) is 2. The van der Waals surface area contributed by atoms with Crippen LogP contribution in [0.15, 0.2) is 150 Å². The maximum atomic E-state index is 7.15. The van der Waals surface area contributed by atoms with Crippen LogP contribution in [0.4, 0.5) is 34.1 Å². The molecule has 3 heterocycles. The molecule has 4 heteroatoms. The average molecular weight is 897 g/mol. The lowest BCUT2D eigenvalue weighted by Crippen LogP contribution is -2.62. The van der Waals surface area contributed by atoms with E-state index in [2.05, 4.69) is 232 Å². The van der Waals surface area contributed by atoms with Gasteiger partial charge in [-0.05, 0) is 158 Å². The van der Waals surface area contributed by atoms with Crippen LogP contribution in [0, 0.1) is 20.8 Å². The van der Waals surface area contributed by atoms with Gasteiger partial charge < -0.3 is 14.2 Å². The topological polar surface area (TPSA) is 19.6 Å². The van der Waals surface area contributed by atoms with Gasteiger partial charge in [-0.1, -0.05) is 165 Å². The molecule has 0 atom stereocenters. The molecule has 2 aliphatic heterocycles. The normalized spacial score (nSPS) is 17.5. The van der Waals surface area contributed by atoms with Crippen LogP contribution in [0.2, 0.25) is 0 Å². The van der Waals surface area contributed by atoms with Gasteiger partial charge in [-0.25, -0.2) is 0 Å². The van der Waals surface area contributed by atoms with Crippen LogP contribution < -0.4 is 26.2 Å². The first-order valence-electron chi connectivity index (χ1n) is 25.3. The summed E-state index contributed by atoms with van der Waals surface area (Å²) in [6.45, 7) is 26.4. The quantitative estimate of drug-likeness (QED) is 0.165. The second kappa shape index (κ2) is 14.2.